The molecule has 5 heteroatoms. The minimum atomic E-state index is 0.111. The minimum absolute atomic E-state index is 0.111. The molecule has 0 N–H and O–H groups in total. The largest absolute Gasteiger partial charge is 0.311 e. The fourth-order valence-electron chi connectivity index (χ4n) is 5.58. The Kier molecular flexibility index (Phi) is 4.85. The van der Waals surface area contributed by atoms with E-state index in [9.17, 15) is 4.79 Å². The van der Waals surface area contributed by atoms with Gasteiger partial charge in [0.2, 0.25) is 0 Å². The first-order valence-electron chi connectivity index (χ1n) is 11.2. The van der Waals surface area contributed by atoms with Crippen molar-refractivity contribution in [1.29, 1.82) is 0 Å². The van der Waals surface area contributed by atoms with Crippen LogP contribution in [0, 0.1) is 5.92 Å². The zero-order valence-electron chi connectivity index (χ0n) is 17.7. The van der Waals surface area contributed by atoms with E-state index >= 15 is 0 Å². The number of rotatable bonds is 3. The van der Waals surface area contributed by atoms with Crippen LogP contribution < -0.4 is 5.56 Å². The average molecular weight is 442 g/mol. The molecule has 2 aromatic heterocycles. The van der Waals surface area contributed by atoms with Crippen molar-refractivity contribution in [2.45, 2.75) is 25.4 Å². The van der Waals surface area contributed by atoms with Crippen LogP contribution in [-0.2, 0) is 13.1 Å². The number of pyridine rings is 2. The van der Waals surface area contributed by atoms with Crippen molar-refractivity contribution in [3.05, 3.63) is 99.6 Å². The van der Waals surface area contributed by atoms with Gasteiger partial charge in [-0.05, 0) is 53.8 Å². The number of fused-ring (bicyclic) bond motifs is 5. The second kappa shape index (κ2) is 7.88. The van der Waals surface area contributed by atoms with Gasteiger partial charge in [0, 0.05) is 66.0 Å². The predicted molar refractivity (Wildman–Crippen MR) is 129 cm³/mol. The SMILES string of the molecule is O=c1ccc(-c2ccc(Cl)cc2)c2n1C[C@@H]1C[C@@H]2CN(Cc2cnc3ccccc3c2)C1. The standard InChI is InChI=1S/C27H24ClN3O/c28-23-7-5-20(6-8-23)24-9-10-26(32)31-16-19-12-22(27(24)31)17-30(15-19)14-18-11-21-3-1-2-4-25(21)29-13-18/h1-11,13,19,22H,12,14-17H2/t19-,22-/m1/s1. The Bertz CT molecular complexity index is 1360. The number of para-hydroxylation sites is 1. The van der Waals surface area contributed by atoms with Gasteiger partial charge in [0.05, 0.1) is 5.52 Å². The van der Waals surface area contributed by atoms with Crippen LogP contribution >= 0.6 is 11.6 Å². The number of piperidine rings is 1. The van der Waals surface area contributed by atoms with Crippen molar-refractivity contribution in [3.8, 4) is 11.1 Å². The number of aromatic nitrogens is 2. The third kappa shape index (κ3) is 3.54. The summed E-state index contributed by atoms with van der Waals surface area (Å²) in [5, 5.41) is 1.91. The van der Waals surface area contributed by atoms with Crippen molar-refractivity contribution < 1.29 is 0 Å². The molecular formula is C27H24ClN3O. The highest BCUT2D eigenvalue weighted by molar-refractivity contribution is 6.30. The minimum Gasteiger partial charge on any atom is -0.311 e. The maximum Gasteiger partial charge on any atom is 0.250 e. The first-order chi connectivity index (χ1) is 15.6. The van der Waals surface area contributed by atoms with E-state index in [1.54, 1.807) is 6.07 Å². The Labute approximate surface area is 192 Å². The van der Waals surface area contributed by atoms with Crippen LogP contribution in [0.15, 0.2) is 77.7 Å². The van der Waals surface area contributed by atoms with E-state index in [4.69, 9.17) is 11.6 Å². The van der Waals surface area contributed by atoms with E-state index in [0.29, 0.717) is 11.8 Å². The van der Waals surface area contributed by atoms with Gasteiger partial charge in [0.1, 0.15) is 0 Å². The van der Waals surface area contributed by atoms with Crippen LogP contribution in [0.3, 0.4) is 0 Å². The number of benzene rings is 2. The van der Waals surface area contributed by atoms with E-state index < -0.39 is 0 Å². The molecule has 0 aliphatic carbocycles. The first-order valence-corrected chi connectivity index (χ1v) is 11.6. The summed E-state index contributed by atoms with van der Waals surface area (Å²) >= 11 is 6.12. The van der Waals surface area contributed by atoms with E-state index in [1.165, 1.54) is 16.6 Å². The molecule has 2 atom stereocenters. The number of hydrogen-bond donors (Lipinski definition) is 0. The van der Waals surface area contributed by atoms with Gasteiger partial charge in [-0.25, -0.2) is 0 Å². The fourth-order valence-corrected chi connectivity index (χ4v) is 5.70. The number of nitrogens with zero attached hydrogens (tertiary/aromatic N) is 3. The van der Waals surface area contributed by atoms with Gasteiger partial charge >= 0.3 is 0 Å². The summed E-state index contributed by atoms with van der Waals surface area (Å²) in [5.41, 5.74) is 5.84. The van der Waals surface area contributed by atoms with Crippen molar-refractivity contribution in [2.75, 3.05) is 13.1 Å². The summed E-state index contributed by atoms with van der Waals surface area (Å²) in [4.78, 5) is 19.9. The summed E-state index contributed by atoms with van der Waals surface area (Å²) < 4.78 is 2.03. The van der Waals surface area contributed by atoms with E-state index in [-0.39, 0.29) is 5.56 Å². The Balaban J connectivity index is 1.33. The highest BCUT2D eigenvalue weighted by Gasteiger charge is 2.36. The highest BCUT2D eigenvalue weighted by Crippen LogP contribution is 2.40. The van der Waals surface area contributed by atoms with Crippen molar-refractivity contribution in [1.82, 2.24) is 14.5 Å². The molecule has 6 rings (SSSR count). The van der Waals surface area contributed by atoms with Gasteiger partial charge in [0.25, 0.3) is 5.56 Å². The smallest absolute Gasteiger partial charge is 0.250 e. The summed E-state index contributed by atoms with van der Waals surface area (Å²) in [6, 6.07) is 22.2. The summed E-state index contributed by atoms with van der Waals surface area (Å²) in [6.45, 7) is 3.64. The van der Waals surface area contributed by atoms with Crippen molar-refractivity contribution in [2.24, 2.45) is 5.92 Å². The molecule has 2 aromatic carbocycles. The monoisotopic (exact) mass is 441 g/mol. The third-order valence-corrected chi connectivity index (χ3v) is 7.13. The van der Waals surface area contributed by atoms with Crippen LogP contribution in [0.1, 0.15) is 23.6 Å². The van der Waals surface area contributed by atoms with E-state index in [0.717, 1.165) is 54.3 Å². The Hall–Kier alpha value is -2.95. The van der Waals surface area contributed by atoms with Crippen molar-refractivity contribution >= 4 is 22.5 Å². The zero-order valence-corrected chi connectivity index (χ0v) is 18.5. The number of likely N-dealkylation sites (tertiary alicyclic amines) is 1. The maximum atomic E-state index is 12.7. The van der Waals surface area contributed by atoms with Crippen LogP contribution in [-0.4, -0.2) is 27.5 Å². The van der Waals surface area contributed by atoms with Gasteiger partial charge < -0.3 is 4.57 Å². The lowest BCUT2D eigenvalue weighted by molar-refractivity contribution is 0.114. The molecule has 2 aliphatic heterocycles. The lowest BCUT2D eigenvalue weighted by atomic mass is 9.80. The van der Waals surface area contributed by atoms with Gasteiger partial charge in [-0.3, -0.25) is 14.7 Å². The van der Waals surface area contributed by atoms with Crippen LogP contribution in [0.2, 0.25) is 5.02 Å². The lowest BCUT2D eigenvalue weighted by Crippen LogP contribution is -2.47. The van der Waals surface area contributed by atoms with Gasteiger partial charge in [-0.1, -0.05) is 41.9 Å². The van der Waals surface area contributed by atoms with Gasteiger partial charge in [0.15, 0.2) is 0 Å². The molecule has 4 heterocycles. The second-order valence-electron chi connectivity index (χ2n) is 9.12. The quantitative estimate of drug-likeness (QED) is 0.431. The number of halogens is 1. The highest BCUT2D eigenvalue weighted by atomic mass is 35.5. The van der Waals surface area contributed by atoms with E-state index in [1.807, 2.05) is 35.0 Å². The molecule has 4 nitrogen and oxygen atoms in total. The third-order valence-electron chi connectivity index (χ3n) is 6.87. The molecule has 0 saturated carbocycles. The molecule has 2 bridgehead atoms. The van der Waals surface area contributed by atoms with Gasteiger partial charge in [-0.15, -0.1) is 0 Å². The topological polar surface area (TPSA) is 38.1 Å². The van der Waals surface area contributed by atoms with Crippen LogP contribution in [0.4, 0.5) is 0 Å². The van der Waals surface area contributed by atoms with Crippen molar-refractivity contribution in [3.63, 3.8) is 0 Å². The average Bonchev–Trinajstić information content (AvgIpc) is 2.80. The summed E-state index contributed by atoms with van der Waals surface area (Å²) in [6.07, 6.45) is 3.14. The molecule has 160 valence electrons. The molecule has 0 unspecified atom stereocenters. The maximum absolute atomic E-state index is 12.7. The Morgan fingerprint density at radius 2 is 1.81 bits per heavy atom. The first kappa shape index (κ1) is 19.7. The Morgan fingerprint density at radius 3 is 2.69 bits per heavy atom. The molecule has 0 radical (unpaired) electrons. The number of hydrogen-bond acceptors (Lipinski definition) is 3. The molecule has 4 aromatic rings. The molecular weight excluding hydrogens is 418 g/mol. The summed E-state index contributed by atoms with van der Waals surface area (Å²) in [5.74, 6) is 0.836. The zero-order chi connectivity index (χ0) is 21.7. The predicted octanol–water partition coefficient (Wildman–Crippen LogP) is 5.34. The fraction of sp³-hybridized carbons (Fsp3) is 0.259. The molecule has 32 heavy (non-hydrogen) atoms. The molecule has 1 saturated heterocycles. The second-order valence-corrected chi connectivity index (χ2v) is 9.55. The van der Waals surface area contributed by atoms with Gasteiger partial charge in [-0.2, -0.15) is 0 Å². The molecule has 2 aliphatic rings. The normalized spacial score (nSPS) is 20.3. The molecule has 0 amide bonds. The van der Waals surface area contributed by atoms with Crippen LogP contribution in [0.5, 0.6) is 0 Å². The molecule has 0 spiro atoms. The lowest BCUT2D eigenvalue weighted by Gasteiger charge is -2.43. The Morgan fingerprint density at radius 1 is 0.969 bits per heavy atom. The van der Waals surface area contributed by atoms with Crippen LogP contribution in [0.25, 0.3) is 22.0 Å². The van der Waals surface area contributed by atoms with E-state index in [2.05, 4.69) is 46.3 Å². The molecule has 1 fully saturated rings. The summed E-state index contributed by atoms with van der Waals surface area (Å²) in [7, 11) is 0.